The number of hydrogen-bond acceptors (Lipinski definition) is 6. The van der Waals surface area contributed by atoms with E-state index < -0.39 is 11.9 Å². The van der Waals surface area contributed by atoms with E-state index in [0.29, 0.717) is 22.6 Å². The van der Waals surface area contributed by atoms with Crippen molar-refractivity contribution < 1.29 is 14.8 Å². The van der Waals surface area contributed by atoms with Crippen LogP contribution in [0, 0.1) is 5.41 Å². The second-order valence-electron chi connectivity index (χ2n) is 4.71. The van der Waals surface area contributed by atoms with Crippen molar-refractivity contribution in [3.05, 3.63) is 53.6 Å². The molecule has 0 saturated heterocycles. The summed E-state index contributed by atoms with van der Waals surface area (Å²) in [6.07, 6.45) is 1.07. The summed E-state index contributed by atoms with van der Waals surface area (Å²) in [6, 6.07) is 10.1. The molecule has 2 aromatic carbocycles. The normalized spacial score (nSPS) is 9.71. The lowest BCUT2D eigenvalue weighted by Crippen LogP contribution is -2.43. The second-order valence-corrected chi connectivity index (χ2v) is 4.71. The first-order valence-electron chi connectivity index (χ1n) is 6.81. The van der Waals surface area contributed by atoms with Gasteiger partial charge in [-0.15, -0.1) is 0 Å². The third-order valence-corrected chi connectivity index (χ3v) is 3.04. The number of benzene rings is 2. The van der Waals surface area contributed by atoms with Crippen LogP contribution in [0.4, 0.5) is 21.9 Å². The van der Waals surface area contributed by atoms with Crippen LogP contribution in [0.2, 0.25) is 0 Å². The van der Waals surface area contributed by atoms with Gasteiger partial charge in [0.05, 0.1) is 5.69 Å². The summed E-state index contributed by atoms with van der Waals surface area (Å²) in [7, 11) is 0. The highest BCUT2D eigenvalue weighted by Crippen LogP contribution is 2.15. The molecule has 0 bridgehead atoms. The lowest BCUT2D eigenvalue weighted by molar-refractivity contribution is 0.0938. The van der Waals surface area contributed by atoms with Gasteiger partial charge >= 0.3 is 6.03 Å². The van der Waals surface area contributed by atoms with Gasteiger partial charge in [-0.2, -0.15) is 0 Å². The van der Waals surface area contributed by atoms with Crippen LogP contribution >= 0.6 is 0 Å². The number of rotatable bonds is 4. The number of carbonyl (C=O) groups excluding carboxylic acids is 2. The van der Waals surface area contributed by atoms with E-state index in [9.17, 15) is 9.59 Å². The van der Waals surface area contributed by atoms with Crippen LogP contribution in [0.1, 0.15) is 15.9 Å². The fourth-order valence-corrected chi connectivity index (χ4v) is 1.86. The van der Waals surface area contributed by atoms with Crippen molar-refractivity contribution in [3.8, 4) is 0 Å². The van der Waals surface area contributed by atoms with E-state index in [-0.39, 0.29) is 5.56 Å². The van der Waals surface area contributed by atoms with Crippen LogP contribution in [0.25, 0.3) is 0 Å². The number of urea groups is 1. The molecular weight excluding hydrogens is 312 g/mol. The van der Waals surface area contributed by atoms with Gasteiger partial charge < -0.3 is 16.5 Å². The lowest BCUT2D eigenvalue weighted by Gasteiger charge is -2.10. The van der Waals surface area contributed by atoms with Gasteiger partial charge in [0.25, 0.3) is 5.91 Å². The maximum Gasteiger partial charge on any atom is 0.337 e. The summed E-state index contributed by atoms with van der Waals surface area (Å²) in [5.74, 6) is -0.556. The van der Waals surface area contributed by atoms with E-state index in [4.69, 9.17) is 16.4 Å². The summed E-state index contributed by atoms with van der Waals surface area (Å²) in [5, 5.41) is 18.5. The zero-order chi connectivity index (χ0) is 17.5. The first-order chi connectivity index (χ1) is 11.5. The Hall–Kier alpha value is -3.59. The summed E-state index contributed by atoms with van der Waals surface area (Å²) in [5.41, 5.74) is 13.9. The smallest absolute Gasteiger partial charge is 0.337 e. The molecule has 2 rings (SSSR count). The number of carbonyl (C=O) groups is 2. The molecule has 0 spiro atoms. The fraction of sp³-hybridized carbons (Fsp3) is 0. The molecule has 0 aliphatic rings. The van der Waals surface area contributed by atoms with E-state index in [2.05, 4.69) is 16.2 Å². The quantitative estimate of drug-likeness (QED) is 0.258. The first-order valence-corrected chi connectivity index (χ1v) is 6.81. The van der Waals surface area contributed by atoms with Gasteiger partial charge in [-0.1, -0.05) is 6.07 Å². The van der Waals surface area contributed by atoms with Gasteiger partial charge in [0.2, 0.25) is 0 Å². The minimum Gasteiger partial charge on any atom is -0.398 e. The second kappa shape index (κ2) is 7.61. The van der Waals surface area contributed by atoms with E-state index in [0.717, 1.165) is 6.21 Å². The van der Waals surface area contributed by atoms with Gasteiger partial charge in [0.15, 0.2) is 0 Å². The van der Waals surface area contributed by atoms with Gasteiger partial charge in [0, 0.05) is 28.7 Å². The predicted octanol–water partition coefficient (Wildman–Crippen LogP) is 1.53. The molecule has 24 heavy (non-hydrogen) atoms. The molecule has 0 radical (unpaired) electrons. The maximum atomic E-state index is 11.9. The highest BCUT2D eigenvalue weighted by Gasteiger charge is 2.08. The van der Waals surface area contributed by atoms with Gasteiger partial charge in [-0.25, -0.2) is 10.2 Å². The van der Waals surface area contributed by atoms with Crippen molar-refractivity contribution in [2.24, 2.45) is 0 Å². The van der Waals surface area contributed by atoms with Crippen LogP contribution in [0.15, 0.2) is 42.5 Å². The molecule has 3 amide bonds. The summed E-state index contributed by atoms with van der Waals surface area (Å²) in [4.78, 5) is 23.7. The Morgan fingerprint density at radius 1 is 1.08 bits per heavy atom. The molecule has 124 valence electrons. The van der Waals surface area contributed by atoms with Gasteiger partial charge in [-0.3, -0.25) is 20.9 Å². The maximum absolute atomic E-state index is 11.9. The largest absolute Gasteiger partial charge is 0.398 e. The van der Waals surface area contributed by atoms with E-state index in [1.165, 1.54) is 18.2 Å². The molecule has 0 aromatic heterocycles. The number of anilines is 3. The van der Waals surface area contributed by atoms with Crippen molar-refractivity contribution in [1.29, 1.82) is 5.41 Å². The molecular formula is C15H16N6O3. The van der Waals surface area contributed by atoms with E-state index in [1.807, 2.05) is 5.48 Å². The molecule has 0 aliphatic carbocycles. The third-order valence-electron chi connectivity index (χ3n) is 3.04. The Bertz CT molecular complexity index is 778. The summed E-state index contributed by atoms with van der Waals surface area (Å²) < 4.78 is 0. The molecule has 8 N–H and O–H groups in total. The minimum atomic E-state index is -0.666. The van der Waals surface area contributed by atoms with Crippen molar-refractivity contribution in [2.45, 2.75) is 0 Å². The first kappa shape index (κ1) is 16.8. The Balaban J connectivity index is 1.93. The highest BCUT2D eigenvalue weighted by atomic mass is 16.5. The molecule has 0 aliphatic heterocycles. The third kappa shape index (κ3) is 4.21. The number of hydrogen-bond donors (Lipinski definition) is 7. The highest BCUT2D eigenvalue weighted by molar-refractivity contribution is 5.98. The number of nitrogen functional groups attached to an aromatic ring is 1. The van der Waals surface area contributed by atoms with Crippen molar-refractivity contribution in [3.63, 3.8) is 0 Å². The molecule has 9 heteroatoms. The topological polar surface area (TPSA) is 152 Å². The minimum absolute atomic E-state index is 0.243. The fourth-order valence-electron chi connectivity index (χ4n) is 1.86. The predicted molar refractivity (Wildman–Crippen MR) is 90.2 cm³/mol. The number of nitrogens with one attached hydrogen (secondary N) is 5. The zero-order valence-electron chi connectivity index (χ0n) is 12.5. The Morgan fingerprint density at radius 3 is 2.58 bits per heavy atom. The standard InChI is InChI=1S/C15H16N6O3/c16-8-10-7-11(4-5-13(10)17)18-15(23)20-19-14(22)9-2-1-3-12(6-9)21-24/h1-8,16,21,24H,17H2,(H,19,22)(H2,18,20,23). The van der Waals surface area contributed by atoms with Crippen molar-refractivity contribution >= 4 is 35.2 Å². The molecule has 0 fully saturated rings. The monoisotopic (exact) mass is 328 g/mol. The summed E-state index contributed by atoms with van der Waals surface area (Å²) >= 11 is 0. The Kier molecular flexibility index (Phi) is 5.32. The molecule has 0 atom stereocenters. The van der Waals surface area contributed by atoms with Crippen molar-refractivity contribution in [1.82, 2.24) is 10.9 Å². The molecule has 0 saturated carbocycles. The summed E-state index contributed by atoms with van der Waals surface area (Å²) in [6.45, 7) is 0. The van der Waals surface area contributed by atoms with Crippen LogP contribution in [-0.2, 0) is 0 Å². The van der Waals surface area contributed by atoms with Crippen LogP contribution in [-0.4, -0.2) is 23.4 Å². The van der Waals surface area contributed by atoms with Gasteiger partial charge in [-0.05, 0) is 36.4 Å². The lowest BCUT2D eigenvalue weighted by atomic mass is 10.2. The van der Waals surface area contributed by atoms with Crippen LogP contribution in [0.3, 0.4) is 0 Å². The Labute approximate surface area is 137 Å². The average Bonchev–Trinajstić information content (AvgIpc) is 2.61. The number of hydrazine groups is 1. The van der Waals surface area contributed by atoms with Gasteiger partial charge in [0.1, 0.15) is 0 Å². The SMILES string of the molecule is N=Cc1cc(NC(=O)NNC(=O)c2cccc(NO)c2)ccc1N. The van der Waals surface area contributed by atoms with Crippen molar-refractivity contribution in [2.75, 3.05) is 16.5 Å². The zero-order valence-corrected chi connectivity index (χ0v) is 12.5. The van der Waals surface area contributed by atoms with E-state index >= 15 is 0 Å². The molecule has 0 heterocycles. The number of amides is 3. The number of nitrogens with two attached hydrogens (primary N) is 1. The molecule has 9 nitrogen and oxygen atoms in total. The Morgan fingerprint density at radius 2 is 1.88 bits per heavy atom. The van der Waals surface area contributed by atoms with Crippen LogP contribution < -0.4 is 27.4 Å². The molecule has 0 unspecified atom stereocenters. The van der Waals surface area contributed by atoms with E-state index in [1.54, 1.807) is 24.3 Å². The molecule has 2 aromatic rings. The average molecular weight is 328 g/mol. The van der Waals surface area contributed by atoms with Crippen LogP contribution in [0.5, 0.6) is 0 Å².